The fourth-order valence-corrected chi connectivity index (χ4v) is 0.622. The molecule has 0 fully saturated rings. The summed E-state index contributed by atoms with van der Waals surface area (Å²) in [6.45, 7) is 0. The molecule has 0 N–H and O–H groups in total. The first-order valence-corrected chi connectivity index (χ1v) is 3.39. The van der Waals surface area contributed by atoms with Gasteiger partial charge in [0.05, 0.1) is 0 Å². The van der Waals surface area contributed by atoms with Crippen LogP contribution in [0.25, 0.3) is 0 Å². The molecule has 0 nitrogen and oxygen atoms in total. The molecule has 0 aromatic heterocycles. The molecule has 0 heterocycles. The summed E-state index contributed by atoms with van der Waals surface area (Å²) in [7, 11) is 0.889. The second-order valence-corrected chi connectivity index (χ2v) is 2.23. The summed E-state index contributed by atoms with van der Waals surface area (Å²) in [4.78, 5) is 0. The third kappa shape index (κ3) is 3.42. The van der Waals surface area contributed by atoms with Crippen LogP contribution in [-0.4, -0.2) is 15.4 Å². The lowest BCUT2D eigenvalue weighted by atomic mass is 9.94. The Morgan fingerprint density at radius 3 is 1.06 bits per heavy atom. The van der Waals surface area contributed by atoms with E-state index in [1.807, 2.05) is 0 Å². The van der Waals surface area contributed by atoms with Gasteiger partial charge in [-0.1, -0.05) is 0 Å². The van der Waals surface area contributed by atoms with Crippen molar-refractivity contribution in [1.82, 2.24) is 0 Å². The number of hydrogen-bond acceptors (Lipinski definition) is 0. The van der Waals surface area contributed by atoms with Gasteiger partial charge < -0.3 is 0 Å². The van der Waals surface area contributed by atoms with Gasteiger partial charge >= 0.3 is 7.54 Å². The van der Waals surface area contributed by atoms with Crippen molar-refractivity contribution in [2.24, 2.45) is 0 Å². The summed E-state index contributed by atoms with van der Waals surface area (Å²) >= 11 is 0. The molecule has 10 heteroatoms. The lowest BCUT2D eigenvalue weighted by molar-refractivity contribution is 0.384. The quantitative estimate of drug-likeness (QED) is 0.284. The Morgan fingerprint density at radius 1 is 0.625 bits per heavy atom. The number of halogens is 8. The van der Waals surface area contributed by atoms with Crippen LogP contribution in [-0.2, 0) is 0 Å². The van der Waals surface area contributed by atoms with Gasteiger partial charge in [-0.3, -0.25) is 12.9 Å². The zero-order valence-electron chi connectivity index (χ0n) is 7.18. The van der Waals surface area contributed by atoms with E-state index in [1.54, 1.807) is 0 Å². The fraction of sp³-hybridized carbons (Fsp3) is 0. The van der Waals surface area contributed by atoms with E-state index in [9.17, 15) is 34.9 Å². The first-order chi connectivity index (χ1) is 7.20. The Balaban J connectivity index is 0.000000487. The molecule has 1 aromatic carbocycles. The van der Waals surface area contributed by atoms with E-state index in [1.165, 1.54) is 0 Å². The van der Waals surface area contributed by atoms with Gasteiger partial charge in [-0.15, -0.1) is 0 Å². The molecule has 16 heavy (non-hydrogen) atoms. The molecule has 0 amide bonds. The summed E-state index contributed by atoms with van der Waals surface area (Å²) in [6, 6.07) is 0. The summed E-state index contributed by atoms with van der Waals surface area (Å²) in [5, 5.41) is 0. The molecule has 0 atom stereocenters. The van der Waals surface area contributed by atoms with Crippen molar-refractivity contribution in [3.8, 4) is 0 Å². The molecule has 0 spiro atoms. The lowest BCUT2D eigenvalue weighted by Crippen LogP contribution is -2.20. The second kappa shape index (κ2) is 5.76. The fourth-order valence-electron chi connectivity index (χ4n) is 0.622. The number of rotatable bonds is 0. The Morgan fingerprint density at radius 2 is 0.812 bits per heavy atom. The monoisotopic (exact) mass is 246 g/mol. The van der Waals surface area contributed by atoms with Crippen molar-refractivity contribution in [3.05, 3.63) is 29.1 Å². The van der Waals surface area contributed by atoms with Crippen molar-refractivity contribution >= 4 is 20.9 Å². The van der Waals surface area contributed by atoms with Crippen LogP contribution in [0.2, 0.25) is 0 Å². The predicted molar refractivity (Wildman–Crippen MR) is 40.7 cm³/mol. The molecule has 0 bridgehead atoms. The van der Waals surface area contributed by atoms with E-state index in [4.69, 9.17) is 0 Å². The van der Waals surface area contributed by atoms with E-state index in [0.29, 0.717) is 0 Å². The maximum absolute atomic E-state index is 12.3. The molecule has 0 aliphatic heterocycles. The minimum absolute atomic E-state index is 1.37. The van der Waals surface area contributed by atoms with Gasteiger partial charge in [0, 0.05) is 0 Å². The first-order valence-electron chi connectivity index (χ1n) is 3.39. The van der Waals surface area contributed by atoms with Gasteiger partial charge in [0.15, 0.2) is 29.1 Å². The topological polar surface area (TPSA) is 0 Å². The van der Waals surface area contributed by atoms with Crippen LogP contribution in [0.1, 0.15) is 0 Å². The third-order valence-corrected chi connectivity index (χ3v) is 1.24. The van der Waals surface area contributed by atoms with Gasteiger partial charge in [-0.2, -0.15) is 0 Å². The first kappa shape index (κ1) is 14.8. The van der Waals surface area contributed by atoms with Crippen molar-refractivity contribution in [3.63, 3.8) is 0 Å². The van der Waals surface area contributed by atoms with Gasteiger partial charge in [0.25, 0.3) is 0 Å². The number of benzene rings is 1. The number of hydrogen-bond donors (Lipinski definition) is 0. The van der Waals surface area contributed by atoms with Gasteiger partial charge in [0.2, 0.25) is 0 Å². The molecule has 0 aliphatic rings. The highest BCUT2D eigenvalue weighted by molar-refractivity contribution is 6.33. The zero-order valence-corrected chi connectivity index (χ0v) is 7.18. The van der Waals surface area contributed by atoms with E-state index < -0.39 is 42.1 Å². The van der Waals surface area contributed by atoms with Gasteiger partial charge in [-0.25, -0.2) is 22.0 Å². The molecular formula is C6B2F8. The van der Waals surface area contributed by atoms with Crippen LogP contribution in [0.4, 0.5) is 34.9 Å². The summed E-state index contributed by atoms with van der Waals surface area (Å²) in [5.74, 6) is -10.3. The molecule has 86 valence electrons. The summed E-state index contributed by atoms with van der Waals surface area (Å²) in [6.07, 6.45) is 0. The molecule has 2 radical (unpaired) electrons. The van der Waals surface area contributed by atoms with Crippen LogP contribution in [0.3, 0.4) is 0 Å². The SMILES string of the molecule is FB(F)F.[B]c1c(F)c(F)c(F)c(F)c1F. The van der Waals surface area contributed by atoms with Crippen LogP contribution in [0.15, 0.2) is 0 Å². The zero-order chi connectivity index (χ0) is 13.0. The van der Waals surface area contributed by atoms with Crippen molar-refractivity contribution in [2.75, 3.05) is 0 Å². The minimum atomic E-state index is -3.67. The van der Waals surface area contributed by atoms with E-state index in [0.717, 1.165) is 0 Å². The van der Waals surface area contributed by atoms with Gasteiger partial charge in [0.1, 0.15) is 7.85 Å². The van der Waals surface area contributed by atoms with Crippen LogP contribution >= 0.6 is 0 Å². The Bertz CT molecular complexity index is 272. The van der Waals surface area contributed by atoms with Gasteiger partial charge in [-0.05, 0) is 5.46 Å². The average molecular weight is 246 g/mol. The summed E-state index contributed by atoms with van der Waals surface area (Å²) < 4.78 is 90.1. The second-order valence-electron chi connectivity index (χ2n) is 2.23. The van der Waals surface area contributed by atoms with Crippen LogP contribution in [0.5, 0.6) is 0 Å². The molecule has 1 aromatic rings. The summed E-state index contributed by atoms with van der Waals surface area (Å²) in [5.41, 5.74) is -1.37. The molecule has 0 aliphatic carbocycles. The largest absolute Gasteiger partial charge is 0.762 e. The third-order valence-electron chi connectivity index (χ3n) is 1.24. The van der Waals surface area contributed by atoms with Crippen molar-refractivity contribution in [2.45, 2.75) is 0 Å². The Kier molecular flexibility index (Phi) is 5.32. The van der Waals surface area contributed by atoms with Crippen LogP contribution < -0.4 is 5.46 Å². The molecule has 1 rings (SSSR count). The molecule has 0 saturated heterocycles. The molecular weight excluding hydrogens is 246 g/mol. The van der Waals surface area contributed by atoms with Crippen molar-refractivity contribution in [1.29, 1.82) is 0 Å². The van der Waals surface area contributed by atoms with Crippen molar-refractivity contribution < 1.29 is 34.9 Å². The standard InChI is InChI=1S/C6BF5.BF3/c7-1-2(8)4(10)6(12)5(11)3(1)9;2-1(3)4. The maximum Gasteiger partial charge on any atom is 0.762 e. The highest BCUT2D eigenvalue weighted by atomic mass is 19.4. The minimum Gasteiger partial charge on any atom is -0.254 e. The van der Waals surface area contributed by atoms with E-state index in [-0.39, 0.29) is 0 Å². The lowest BCUT2D eigenvalue weighted by Gasteiger charge is -2.02. The van der Waals surface area contributed by atoms with Crippen LogP contribution in [0, 0.1) is 29.1 Å². The Hall–Kier alpha value is -1.21. The average Bonchev–Trinajstić information content (AvgIpc) is 2.20. The highest BCUT2D eigenvalue weighted by Crippen LogP contribution is 2.14. The smallest absolute Gasteiger partial charge is 0.254 e. The highest BCUT2D eigenvalue weighted by Gasteiger charge is 2.22. The molecule has 0 unspecified atom stereocenters. The normalized spacial score (nSPS) is 9.50. The van der Waals surface area contributed by atoms with E-state index >= 15 is 0 Å². The van der Waals surface area contributed by atoms with E-state index in [2.05, 4.69) is 7.85 Å². The predicted octanol–water partition coefficient (Wildman–Crippen LogP) is 2.06. The Labute approximate surface area is 85.9 Å². The molecule has 0 saturated carbocycles. The maximum atomic E-state index is 12.3.